The molecule has 1 N–H and O–H groups in total. The van der Waals surface area contributed by atoms with Crippen LogP contribution in [0.5, 0.6) is 11.5 Å². The molecular formula is C17H19Br2NO. The SMILES string of the molecule is CCNC(CC)c1cccc(Oc2ccc(Br)cc2Br)c1. The van der Waals surface area contributed by atoms with Gasteiger partial charge in [0, 0.05) is 10.5 Å². The van der Waals surface area contributed by atoms with E-state index in [1.807, 2.05) is 30.3 Å². The van der Waals surface area contributed by atoms with Crippen molar-refractivity contribution in [2.24, 2.45) is 0 Å². The van der Waals surface area contributed by atoms with Gasteiger partial charge in [0.25, 0.3) is 0 Å². The molecule has 4 heteroatoms. The molecule has 0 heterocycles. The molecule has 0 aromatic heterocycles. The van der Waals surface area contributed by atoms with Crippen LogP contribution >= 0.6 is 31.9 Å². The van der Waals surface area contributed by atoms with Gasteiger partial charge in [0.05, 0.1) is 4.47 Å². The van der Waals surface area contributed by atoms with E-state index in [1.165, 1.54) is 5.56 Å². The average Bonchev–Trinajstić information content (AvgIpc) is 2.48. The van der Waals surface area contributed by atoms with Crippen molar-refractivity contribution in [3.8, 4) is 11.5 Å². The topological polar surface area (TPSA) is 21.3 Å². The Morgan fingerprint density at radius 1 is 1.10 bits per heavy atom. The minimum absolute atomic E-state index is 0.368. The van der Waals surface area contributed by atoms with Crippen LogP contribution in [0, 0.1) is 0 Å². The zero-order chi connectivity index (χ0) is 15.2. The molecule has 0 bridgehead atoms. The van der Waals surface area contributed by atoms with E-state index in [-0.39, 0.29) is 0 Å². The summed E-state index contributed by atoms with van der Waals surface area (Å²) in [6.45, 7) is 5.27. The smallest absolute Gasteiger partial charge is 0.141 e. The molecule has 1 unspecified atom stereocenters. The van der Waals surface area contributed by atoms with Gasteiger partial charge in [-0.2, -0.15) is 0 Å². The second kappa shape index (κ2) is 7.97. The summed E-state index contributed by atoms with van der Waals surface area (Å²) in [6, 6.07) is 14.5. The van der Waals surface area contributed by atoms with Crippen molar-refractivity contribution in [2.75, 3.05) is 6.54 Å². The zero-order valence-electron chi connectivity index (χ0n) is 12.2. The quantitative estimate of drug-likeness (QED) is 0.622. The molecule has 0 fully saturated rings. The standard InChI is InChI=1S/C17H19Br2NO/c1-3-16(20-4-2)12-6-5-7-14(10-12)21-17-9-8-13(18)11-15(17)19/h5-11,16,20H,3-4H2,1-2H3. The van der Waals surface area contributed by atoms with Crippen molar-refractivity contribution in [1.29, 1.82) is 0 Å². The van der Waals surface area contributed by atoms with Crippen LogP contribution in [0.1, 0.15) is 31.9 Å². The maximum Gasteiger partial charge on any atom is 0.141 e. The number of hydrogen-bond donors (Lipinski definition) is 1. The molecule has 0 spiro atoms. The molecule has 0 aliphatic heterocycles. The Bertz CT molecular complexity index is 601. The van der Waals surface area contributed by atoms with E-state index in [9.17, 15) is 0 Å². The Kier molecular flexibility index (Phi) is 6.27. The van der Waals surface area contributed by atoms with Crippen LogP contribution in [-0.4, -0.2) is 6.54 Å². The highest BCUT2D eigenvalue weighted by Crippen LogP contribution is 2.33. The van der Waals surface area contributed by atoms with Gasteiger partial charge in [-0.3, -0.25) is 0 Å². The summed E-state index contributed by atoms with van der Waals surface area (Å²) in [4.78, 5) is 0. The largest absolute Gasteiger partial charge is 0.456 e. The molecule has 2 aromatic rings. The molecular weight excluding hydrogens is 394 g/mol. The lowest BCUT2D eigenvalue weighted by Crippen LogP contribution is -2.19. The lowest BCUT2D eigenvalue weighted by atomic mass is 10.0. The van der Waals surface area contributed by atoms with Crippen molar-refractivity contribution in [1.82, 2.24) is 5.32 Å². The molecule has 0 amide bonds. The Balaban J connectivity index is 2.21. The first-order valence-corrected chi connectivity index (χ1v) is 8.68. The summed E-state index contributed by atoms with van der Waals surface area (Å²) in [5.41, 5.74) is 1.25. The minimum atomic E-state index is 0.368. The highest BCUT2D eigenvalue weighted by molar-refractivity contribution is 9.11. The maximum atomic E-state index is 5.98. The second-order valence-electron chi connectivity index (χ2n) is 4.77. The van der Waals surface area contributed by atoms with E-state index in [4.69, 9.17) is 4.74 Å². The van der Waals surface area contributed by atoms with Crippen LogP contribution in [0.4, 0.5) is 0 Å². The van der Waals surface area contributed by atoms with E-state index in [2.05, 4.69) is 63.2 Å². The lowest BCUT2D eigenvalue weighted by molar-refractivity contribution is 0.474. The van der Waals surface area contributed by atoms with Gasteiger partial charge >= 0.3 is 0 Å². The van der Waals surface area contributed by atoms with E-state index in [1.54, 1.807) is 0 Å². The molecule has 0 saturated carbocycles. The average molecular weight is 413 g/mol. The fraction of sp³-hybridized carbons (Fsp3) is 0.294. The Morgan fingerprint density at radius 2 is 1.90 bits per heavy atom. The molecule has 2 rings (SSSR count). The van der Waals surface area contributed by atoms with Crippen LogP contribution in [0.15, 0.2) is 51.4 Å². The Hall–Kier alpha value is -0.840. The summed E-state index contributed by atoms with van der Waals surface area (Å²) >= 11 is 6.97. The van der Waals surface area contributed by atoms with Crippen LogP contribution < -0.4 is 10.1 Å². The van der Waals surface area contributed by atoms with Crippen molar-refractivity contribution >= 4 is 31.9 Å². The summed E-state index contributed by atoms with van der Waals surface area (Å²) in [5.74, 6) is 1.67. The number of nitrogens with one attached hydrogen (secondary N) is 1. The monoisotopic (exact) mass is 411 g/mol. The van der Waals surface area contributed by atoms with E-state index in [0.717, 1.165) is 33.4 Å². The number of rotatable bonds is 6. The van der Waals surface area contributed by atoms with Crippen molar-refractivity contribution in [2.45, 2.75) is 26.3 Å². The maximum absolute atomic E-state index is 5.98. The van der Waals surface area contributed by atoms with Crippen molar-refractivity contribution < 1.29 is 4.74 Å². The summed E-state index contributed by atoms with van der Waals surface area (Å²) in [6.07, 6.45) is 1.05. The van der Waals surface area contributed by atoms with Gasteiger partial charge in [-0.25, -0.2) is 0 Å². The molecule has 0 aliphatic carbocycles. The summed E-state index contributed by atoms with van der Waals surface area (Å²) in [7, 11) is 0. The van der Waals surface area contributed by atoms with Crippen LogP contribution in [0.2, 0.25) is 0 Å². The fourth-order valence-electron chi connectivity index (χ4n) is 2.22. The Labute approximate surface area is 143 Å². The predicted octanol–water partition coefficient (Wildman–Crippen LogP) is 6.06. The van der Waals surface area contributed by atoms with Gasteiger partial charge in [0.1, 0.15) is 11.5 Å². The minimum Gasteiger partial charge on any atom is -0.456 e. The normalized spacial score (nSPS) is 12.2. The van der Waals surface area contributed by atoms with Crippen LogP contribution in [-0.2, 0) is 0 Å². The molecule has 112 valence electrons. The Morgan fingerprint density at radius 3 is 2.57 bits per heavy atom. The number of benzene rings is 2. The van der Waals surface area contributed by atoms with Gasteiger partial charge in [-0.1, -0.05) is 41.9 Å². The van der Waals surface area contributed by atoms with Crippen LogP contribution in [0.3, 0.4) is 0 Å². The molecule has 1 atom stereocenters. The first-order valence-electron chi connectivity index (χ1n) is 7.10. The molecule has 0 radical (unpaired) electrons. The van der Waals surface area contributed by atoms with Gasteiger partial charge in [-0.15, -0.1) is 0 Å². The number of halogens is 2. The summed E-state index contributed by atoms with van der Waals surface area (Å²) in [5, 5.41) is 3.49. The molecule has 21 heavy (non-hydrogen) atoms. The van der Waals surface area contributed by atoms with Crippen LogP contribution in [0.25, 0.3) is 0 Å². The number of hydrogen-bond acceptors (Lipinski definition) is 2. The second-order valence-corrected chi connectivity index (χ2v) is 6.54. The third-order valence-electron chi connectivity index (χ3n) is 3.24. The van der Waals surface area contributed by atoms with E-state index < -0.39 is 0 Å². The third-order valence-corrected chi connectivity index (χ3v) is 4.35. The van der Waals surface area contributed by atoms with Crippen molar-refractivity contribution in [3.63, 3.8) is 0 Å². The number of ether oxygens (including phenoxy) is 1. The van der Waals surface area contributed by atoms with E-state index >= 15 is 0 Å². The highest BCUT2D eigenvalue weighted by atomic mass is 79.9. The first kappa shape index (κ1) is 16.5. The highest BCUT2D eigenvalue weighted by Gasteiger charge is 2.09. The van der Waals surface area contributed by atoms with Gasteiger partial charge < -0.3 is 10.1 Å². The van der Waals surface area contributed by atoms with E-state index in [0.29, 0.717) is 6.04 Å². The summed E-state index contributed by atoms with van der Waals surface area (Å²) < 4.78 is 7.94. The van der Waals surface area contributed by atoms with Gasteiger partial charge in [0.2, 0.25) is 0 Å². The predicted molar refractivity (Wildman–Crippen MR) is 95.1 cm³/mol. The zero-order valence-corrected chi connectivity index (χ0v) is 15.4. The third kappa shape index (κ3) is 4.56. The lowest BCUT2D eigenvalue weighted by Gasteiger charge is -2.17. The van der Waals surface area contributed by atoms with Gasteiger partial charge in [-0.05, 0) is 64.8 Å². The molecule has 2 aromatic carbocycles. The molecule has 0 aliphatic rings. The van der Waals surface area contributed by atoms with Crippen molar-refractivity contribution in [3.05, 3.63) is 57.0 Å². The van der Waals surface area contributed by atoms with Gasteiger partial charge in [0.15, 0.2) is 0 Å². The molecule has 0 saturated heterocycles. The first-order chi connectivity index (χ1) is 10.1. The molecule has 2 nitrogen and oxygen atoms in total. The fourth-order valence-corrected chi connectivity index (χ4v) is 3.35.